The van der Waals surface area contributed by atoms with Gasteiger partial charge in [-0.25, -0.2) is 9.97 Å². The van der Waals surface area contributed by atoms with Gasteiger partial charge < -0.3 is 14.6 Å². The summed E-state index contributed by atoms with van der Waals surface area (Å²) >= 11 is 0. The Balaban J connectivity index is 1.13. The van der Waals surface area contributed by atoms with Crippen molar-refractivity contribution in [1.82, 2.24) is 29.6 Å². The van der Waals surface area contributed by atoms with Gasteiger partial charge >= 0.3 is 0 Å². The molecule has 2 aliphatic carbocycles. The molecule has 2 fully saturated rings. The fourth-order valence-corrected chi connectivity index (χ4v) is 6.32. The molecule has 3 aromatic rings. The molecule has 4 heterocycles. The third-order valence-corrected chi connectivity index (χ3v) is 8.13. The van der Waals surface area contributed by atoms with Crippen LogP contribution in [-0.2, 0) is 24.1 Å². The highest BCUT2D eigenvalue weighted by Crippen LogP contribution is 2.42. The molecule has 1 aromatic carbocycles. The van der Waals surface area contributed by atoms with Crippen molar-refractivity contribution in [2.45, 2.75) is 63.6 Å². The molecule has 0 unspecified atom stereocenters. The van der Waals surface area contributed by atoms with Crippen molar-refractivity contribution in [2.24, 2.45) is 0 Å². The number of benzene rings is 1. The Morgan fingerprint density at radius 1 is 0.971 bits per heavy atom. The number of aryl methyl sites for hydroxylation is 1. The summed E-state index contributed by atoms with van der Waals surface area (Å²) in [5.74, 6) is 3.08. The van der Waals surface area contributed by atoms with E-state index in [1.54, 1.807) is 6.33 Å². The Bertz CT molecular complexity index is 1210. The lowest BCUT2D eigenvalue weighted by atomic mass is 9.89. The number of nitrogens with one attached hydrogen (secondary N) is 1. The van der Waals surface area contributed by atoms with Gasteiger partial charge in [-0.1, -0.05) is 12.1 Å². The van der Waals surface area contributed by atoms with Crippen LogP contribution in [0.5, 0.6) is 0 Å². The van der Waals surface area contributed by atoms with Gasteiger partial charge in [0, 0.05) is 55.7 Å². The summed E-state index contributed by atoms with van der Waals surface area (Å²) in [4.78, 5) is 12.0. The van der Waals surface area contributed by atoms with Crippen molar-refractivity contribution >= 4 is 5.82 Å². The Morgan fingerprint density at radius 2 is 1.85 bits per heavy atom. The van der Waals surface area contributed by atoms with E-state index in [0.29, 0.717) is 12.1 Å². The van der Waals surface area contributed by atoms with Crippen LogP contribution in [0, 0.1) is 0 Å². The third-order valence-electron chi connectivity index (χ3n) is 8.13. The lowest BCUT2D eigenvalue weighted by Gasteiger charge is -2.39. The molecule has 0 radical (unpaired) electrons. The highest BCUT2D eigenvalue weighted by atomic mass is 16.5. The first-order valence-corrected chi connectivity index (χ1v) is 12.8. The van der Waals surface area contributed by atoms with E-state index in [0.717, 1.165) is 80.8 Å². The van der Waals surface area contributed by atoms with Crippen LogP contribution in [0.1, 0.15) is 49.2 Å². The summed E-state index contributed by atoms with van der Waals surface area (Å²) in [6, 6.07) is 7.86. The second kappa shape index (κ2) is 8.43. The van der Waals surface area contributed by atoms with Crippen molar-refractivity contribution in [2.75, 3.05) is 31.6 Å². The molecule has 0 atom stereocenters. The normalized spacial score (nSPS) is 24.0. The zero-order valence-corrected chi connectivity index (χ0v) is 19.5. The number of ether oxygens (including phenoxy) is 1. The number of morpholine rings is 1. The molecule has 0 bridgehead atoms. The number of anilines is 1. The molecular weight excluding hydrogens is 426 g/mol. The lowest BCUT2D eigenvalue weighted by Crippen LogP contribution is -2.46. The molecule has 8 heteroatoms. The van der Waals surface area contributed by atoms with Crippen molar-refractivity contribution in [3.63, 3.8) is 0 Å². The van der Waals surface area contributed by atoms with E-state index in [1.807, 2.05) is 0 Å². The smallest absolute Gasteiger partial charge is 0.163 e. The van der Waals surface area contributed by atoms with Crippen LogP contribution in [-0.4, -0.2) is 68.0 Å². The average Bonchev–Trinajstić information content (AvgIpc) is 3.59. The fourth-order valence-electron chi connectivity index (χ4n) is 6.32. The number of fused-ring (bicyclic) bond motifs is 4. The van der Waals surface area contributed by atoms with Crippen LogP contribution in [0.25, 0.3) is 22.5 Å². The quantitative estimate of drug-likeness (QED) is 0.504. The maximum Gasteiger partial charge on any atom is 0.163 e. The van der Waals surface area contributed by atoms with Crippen LogP contribution in [0.15, 0.2) is 24.5 Å². The molecule has 8 nitrogen and oxygen atoms in total. The molecule has 4 aliphatic rings. The van der Waals surface area contributed by atoms with E-state index in [9.17, 15) is 0 Å². The van der Waals surface area contributed by atoms with Gasteiger partial charge in [0.05, 0.1) is 18.9 Å². The lowest BCUT2D eigenvalue weighted by molar-refractivity contribution is 0.00791. The maximum atomic E-state index is 5.54. The zero-order valence-electron chi connectivity index (χ0n) is 19.5. The minimum Gasteiger partial charge on any atom is -0.379 e. The first-order valence-electron chi connectivity index (χ1n) is 12.8. The molecule has 1 N–H and O–H groups in total. The van der Waals surface area contributed by atoms with Gasteiger partial charge in [-0.3, -0.25) is 4.90 Å². The second-order valence-electron chi connectivity index (χ2n) is 10.1. The summed E-state index contributed by atoms with van der Waals surface area (Å²) in [5, 5.41) is 12.7. The zero-order chi connectivity index (χ0) is 22.5. The highest BCUT2D eigenvalue weighted by Gasteiger charge is 2.30. The van der Waals surface area contributed by atoms with Crippen molar-refractivity contribution in [1.29, 1.82) is 0 Å². The second-order valence-corrected chi connectivity index (χ2v) is 10.1. The molecule has 2 aromatic heterocycles. The first kappa shape index (κ1) is 20.5. The van der Waals surface area contributed by atoms with Gasteiger partial charge in [0.1, 0.15) is 18.0 Å². The maximum absolute atomic E-state index is 5.54. The molecule has 176 valence electrons. The van der Waals surface area contributed by atoms with Gasteiger partial charge in [0.2, 0.25) is 0 Å². The Labute approximate surface area is 199 Å². The Morgan fingerprint density at radius 3 is 2.74 bits per heavy atom. The molecule has 1 saturated heterocycles. The van der Waals surface area contributed by atoms with Crippen molar-refractivity contribution < 1.29 is 4.74 Å². The number of hydrogen-bond donors (Lipinski definition) is 1. The van der Waals surface area contributed by atoms with Crippen LogP contribution in [0.2, 0.25) is 0 Å². The Kier molecular flexibility index (Phi) is 5.09. The predicted molar refractivity (Wildman–Crippen MR) is 130 cm³/mol. The minimum absolute atomic E-state index is 0.461. The summed E-state index contributed by atoms with van der Waals surface area (Å²) in [5.41, 5.74) is 5.99. The molecule has 7 rings (SSSR count). The third kappa shape index (κ3) is 3.51. The van der Waals surface area contributed by atoms with Crippen molar-refractivity contribution in [3.8, 4) is 22.5 Å². The van der Waals surface area contributed by atoms with Gasteiger partial charge in [-0.2, -0.15) is 0 Å². The van der Waals surface area contributed by atoms with Crippen LogP contribution < -0.4 is 5.32 Å². The Hall–Kier alpha value is -2.84. The molecule has 0 amide bonds. The van der Waals surface area contributed by atoms with Gasteiger partial charge in [-0.05, 0) is 49.3 Å². The largest absolute Gasteiger partial charge is 0.379 e. The summed E-state index contributed by atoms with van der Waals surface area (Å²) in [6.07, 6.45) is 9.60. The number of nitrogens with zero attached hydrogens (tertiary/aromatic N) is 6. The van der Waals surface area contributed by atoms with E-state index < -0.39 is 0 Å². The number of aromatic nitrogens is 5. The van der Waals surface area contributed by atoms with Crippen LogP contribution >= 0.6 is 0 Å². The summed E-state index contributed by atoms with van der Waals surface area (Å²) in [6.45, 7) is 4.93. The van der Waals surface area contributed by atoms with Crippen LogP contribution in [0.3, 0.4) is 0 Å². The van der Waals surface area contributed by atoms with Crippen molar-refractivity contribution in [3.05, 3.63) is 41.6 Å². The van der Waals surface area contributed by atoms with E-state index in [1.165, 1.54) is 42.4 Å². The number of rotatable bonds is 4. The molecule has 34 heavy (non-hydrogen) atoms. The molecule has 2 aliphatic heterocycles. The van der Waals surface area contributed by atoms with E-state index >= 15 is 0 Å². The van der Waals surface area contributed by atoms with E-state index in [4.69, 9.17) is 9.72 Å². The van der Waals surface area contributed by atoms with E-state index in [-0.39, 0.29) is 0 Å². The molecule has 1 saturated carbocycles. The van der Waals surface area contributed by atoms with Gasteiger partial charge in [0.15, 0.2) is 5.82 Å². The van der Waals surface area contributed by atoms with Gasteiger partial charge in [0.25, 0.3) is 0 Å². The topological polar surface area (TPSA) is 81.0 Å². The highest BCUT2D eigenvalue weighted by molar-refractivity contribution is 5.86. The fraction of sp³-hybridized carbons (Fsp3) is 0.538. The molecular formula is C26H31N7O. The van der Waals surface area contributed by atoms with Crippen LogP contribution in [0.4, 0.5) is 5.82 Å². The first-order chi connectivity index (χ1) is 16.8. The van der Waals surface area contributed by atoms with E-state index in [2.05, 4.69) is 48.2 Å². The summed E-state index contributed by atoms with van der Waals surface area (Å²) < 4.78 is 7.81. The summed E-state index contributed by atoms with van der Waals surface area (Å²) in [7, 11) is 0. The number of hydrogen-bond acceptors (Lipinski definition) is 7. The minimum atomic E-state index is 0.461. The SMILES string of the molecule is c1nc2c(c(NC3CCC(N4CCOCC4)CC3)n1)-c1cc(-c3nnc4n3CCC4)ccc1C2. The molecule has 0 spiro atoms. The standard InChI is InChI=1S/C26H31N7O/c1-2-23-30-31-26(33(23)9-1)18-4-3-17-15-22-24(21(17)14-18)25(28-16-27-22)29-19-5-7-20(8-6-19)32-10-12-34-13-11-32/h3-4,14,16,19-20H,1-2,5-13,15H2,(H,27,28,29). The predicted octanol–water partition coefficient (Wildman–Crippen LogP) is 3.31. The van der Waals surface area contributed by atoms with Gasteiger partial charge in [-0.15, -0.1) is 10.2 Å². The monoisotopic (exact) mass is 457 g/mol. The average molecular weight is 458 g/mol.